The third-order valence-electron chi connectivity index (χ3n) is 8.52. The highest BCUT2D eigenvalue weighted by Gasteiger charge is 2.41. The highest BCUT2D eigenvalue weighted by molar-refractivity contribution is 5.88. The number of carbonyl (C=O) groups excluding carboxylic acids is 1. The standard InChI is InChI=1S/C28H40N2O6/c1-32-27(31)28(12-17-33-18-13-28)11-16-30-14-9-22(10-15-30)20-35-26-25-23(7-4-8-24(25)36-29-26)34-19-21-5-2-3-6-21/h4,7-8,21-22H,2-3,5-6,9-20H2,1H3. The maximum absolute atomic E-state index is 12.5. The molecule has 0 radical (unpaired) electrons. The summed E-state index contributed by atoms with van der Waals surface area (Å²) in [6.07, 6.45) is 9.58. The first-order valence-electron chi connectivity index (χ1n) is 13.7. The van der Waals surface area contributed by atoms with Gasteiger partial charge in [-0.3, -0.25) is 4.79 Å². The number of ether oxygens (including phenoxy) is 4. The first-order chi connectivity index (χ1) is 17.7. The molecule has 2 saturated heterocycles. The Kier molecular flexibility index (Phi) is 8.32. The van der Waals surface area contributed by atoms with Gasteiger partial charge in [0.15, 0.2) is 5.58 Å². The van der Waals surface area contributed by atoms with Crippen molar-refractivity contribution >= 4 is 16.9 Å². The summed E-state index contributed by atoms with van der Waals surface area (Å²) in [6.45, 7) is 5.58. The lowest BCUT2D eigenvalue weighted by Crippen LogP contribution is -2.43. The first-order valence-corrected chi connectivity index (χ1v) is 13.7. The molecular formula is C28H40N2O6. The van der Waals surface area contributed by atoms with Crippen LogP contribution in [-0.2, 0) is 14.3 Å². The van der Waals surface area contributed by atoms with Crippen molar-refractivity contribution in [2.45, 2.75) is 57.8 Å². The third kappa shape index (κ3) is 5.80. The Morgan fingerprint density at radius 2 is 1.78 bits per heavy atom. The second kappa shape index (κ2) is 11.8. The molecule has 36 heavy (non-hydrogen) atoms. The number of benzene rings is 1. The molecule has 0 amide bonds. The molecule has 1 aliphatic carbocycles. The molecule has 8 nitrogen and oxygen atoms in total. The Morgan fingerprint density at radius 1 is 1.06 bits per heavy atom. The van der Waals surface area contributed by atoms with E-state index in [0.29, 0.717) is 43.1 Å². The SMILES string of the molecule is COC(=O)C1(CCN2CCC(COc3noc4cccc(OCC5CCCC5)c34)CC2)CCOCC1. The van der Waals surface area contributed by atoms with E-state index in [0.717, 1.165) is 69.5 Å². The van der Waals surface area contributed by atoms with Crippen molar-refractivity contribution in [2.24, 2.45) is 17.3 Å². The van der Waals surface area contributed by atoms with Crippen LogP contribution in [0.5, 0.6) is 11.6 Å². The molecule has 3 aliphatic rings. The van der Waals surface area contributed by atoms with E-state index < -0.39 is 5.41 Å². The zero-order valence-electron chi connectivity index (χ0n) is 21.5. The maximum Gasteiger partial charge on any atom is 0.312 e. The molecule has 3 heterocycles. The van der Waals surface area contributed by atoms with Gasteiger partial charge in [0.05, 0.1) is 25.7 Å². The number of aromatic nitrogens is 1. The number of likely N-dealkylation sites (tertiary alicyclic amines) is 1. The van der Waals surface area contributed by atoms with Crippen LogP contribution in [0.25, 0.3) is 11.0 Å². The average Bonchev–Trinajstić information content (AvgIpc) is 3.60. The molecule has 2 aliphatic heterocycles. The molecule has 5 rings (SSSR count). The molecule has 0 bridgehead atoms. The van der Waals surface area contributed by atoms with Crippen LogP contribution >= 0.6 is 0 Å². The summed E-state index contributed by atoms with van der Waals surface area (Å²) in [6, 6.07) is 5.84. The summed E-state index contributed by atoms with van der Waals surface area (Å²) in [5, 5.41) is 5.05. The molecule has 0 spiro atoms. The van der Waals surface area contributed by atoms with E-state index in [-0.39, 0.29) is 5.97 Å². The molecule has 3 fully saturated rings. The Labute approximate surface area is 213 Å². The van der Waals surface area contributed by atoms with Crippen molar-refractivity contribution in [3.63, 3.8) is 0 Å². The zero-order valence-corrected chi connectivity index (χ0v) is 21.5. The Balaban J connectivity index is 1.11. The lowest BCUT2D eigenvalue weighted by Gasteiger charge is -2.38. The van der Waals surface area contributed by atoms with Crippen LogP contribution in [0.15, 0.2) is 22.7 Å². The largest absolute Gasteiger partial charge is 0.492 e. The van der Waals surface area contributed by atoms with E-state index in [2.05, 4.69) is 10.1 Å². The topological polar surface area (TPSA) is 83.3 Å². The van der Waals surface area contributed by atoms with Crippen molar-refractivity contribution in [3.8, 4) is 11.6 Å². The van der Waals surface area contributed by atoms with Crippen molar-refractivity contribution in [3.05, 3.63) is 18.2 Å². The van der Waals surface area contributed by atoms with E-state index in [1.165, 1.54) is 32.8 Å². The fraction of sp³-hybridized carbons (Fsp3) is 0.714. The molecule has 1 aromatic heterocycles. The van der Waals surface area contributed by atoms with Gasteiger partial charge in [-0.2, -0.15) is 0 Å². The average molecular weight is 501 g/mol. The lowest BCUT2D eigenvalue weighted by molar-refractivity contribution is -0.159. The van der Waals surface area contributed by atoms with Crippen LogP contribution in [-0.4, -0.2) is 69.2 Å². The van der Waals surface area contributed by atoms with E-state index in [4.69, 9.17) is 23.5 Å². The molecule has 0 N–H and O–H groups in total. The molecule has 0 atom stereocenters. The Bertz CT molecular complexity index is 987. The van der Waals surface area contributed by atoms with E-state index >= 15 is 0 Å². The summed E-state index contributed by atoms with van der Waals surface area (Å²) in [4.78, 5) is 15.0. The van der Waals surface area contributed by atoms with Crippen LogP contribution in [0.2, 0.25) is 0 Å². The summed E-state index contributed by atoms with van der Waals surface area (Å²) >= 11 is 0. The quantitative estimate of drug-likeness (QED) is 0.428. The minimum absolute atomic E-state index is 0.0829. The number of esters is 1. The number of hydrogen-bond acceptors (Lipinski definition) is 8. The number of fused-ring (bicyclic) bond motifs is 1. The van der Waals surface area contributed by atoms with E-state index in [1.807, 2.05) is 18.2 Å². The van der Waals surface area contributed by atoms with Crippen molar-refractivity contribution in [1.82, 2.24) is 10.1 Å². The molecule has 8 heteroatoms. The van der Waals surface area contributed by atoms with Crippen LogP contribution in [0, 0.1) is 17.3 Å². The van der Waals surface area contributed by atoms with Crippen molar-refractivity contribution in [2.75, 3.05) is 53.2 Å². The predicted molar refractivity (Wildman–Crippen MR) is 135 cm³/mol. The molecule has 0 unspecified atom stereocenters. The van der Waals surface area contributed by atoms with Gasteiger partial charge in [0.1, 0.15) is 11.1 Å². The fourth-order valence-corrected chi connectivity index (χ4v) is 6.02. The highest BCUT2D eigenvalue weighted by atomic mass is 16.5. The summed E-state index contributed by atoms with van der Waals surface area (Å²) < 4.78 is 28.6. The van der Waals surface area contributed by atoms with Crippen LogP contribution in [0.3, 0.4) is 0 Å². The van der Waals surface area contributed by atoms with Gasteiger partial charge in [0, 0.05) is 13.2 Å². The first kappa shape index (κ1) is 25.3. The van der Waals surface area contributed by atoms with Gasteiger partial charge in [-0.05, 0) is 93.7 Å². The number of piperidine rings is 1. The van der Waals surface area contributed by atoms with Crippen LogP contribution in [0.1, 0.15) is 57.8 Å². The summed E-state index contributed by atoms with van der Waals surface area (Å²) in [5.74, 6) is 2.37. The van der Waals surface area contributed by atoms with E-state index in [9.17, 15) is 4.79 Å². The summed E-state index contributed by atoms with van der Waals surface area (Å²) in [7, 11) is 1.49. The van der Waals surface area contributed by atoms with Gasteiger partial charge in [0.25, 0.3) is 5.88 Å². The van der Waals surface area contributed by atoms with Gasteiger partial charge in [-0.15, -0.1) is 0 Å². The number of rotatable bonds is 10. The lowest BCUT2D eigenvalue weighted by atomic mass is 9.77. The van der Waals surface area contributed by atoms with Gasteiger partial charge < -0.3 is 28.4 Å². The molecular weight excluding hydrogens is 460 g/mol. The number of nitrogens with zero attached hydrogens (tertiary/aromatic N) is 2. The van der Waals surface area contributed by atoms with Crippen molar-refractivity contribution in [1.29, 1.82) is 0 Å². The second-order valence-electron chi connectivity index (χ2n) is 10.8. The number of methoxy groups -OCH3 is 1. The minimum Gasteiger partial charge on any atom is -0.492 e. The third-order valence-corrected chi connectivity index (χ3v) is 8.52. The van der Waals surface area contributed by atoms with Crippen LogP contribution in [0.4, 0.5) is 0 Å². The molecule has 198 valence electrons. The van der Waals surface area contributed by atoms with Gasteiger partial charge in [0.2, 0.25) is 0 Å². The monoisotopic (exact) mass is 500 g/mol. The molecule has 2 aromatic rings. The normalized spacial score (nSPS) is 21.6. The molecule has 1 aromatic carbocycles. The number of hydrogen-bond donors (Lipinski definition) is 0. The van der Waals surface area contributed by atoms with Gasteiger partial charge in [-0.25, -0.2) is 0 Å². The zero-order chi connectivity index (χ0) is 24.8. The maximum atomic E-state index is 12.5. The smallest absolute Gasteiger partial charge is 0.312 e. The highest BCUT2D eigenvalue weighted by Crippen LogP contribution is 2.37. The molecule has 1 saturated carbocycles. The number of carbonyl (C=O) groups is 1. The predicted octanol–water partition coefficient (Wildman–Crippen LogP) is 4.85. The van der Waals surface area contributed by atoms with Crippen molar-refractivity contribution < 1.29 is 28.3 Å². The fourth-order valence-electron chi connectivity index (χ4n) is 6.02. The Hall–Kier alpha value is -2.32. The van der Waals surface area contributed by atoms with Crippen LogP contribution < -0.4 is 9.47 Å². The van der Waals surface area contributed by atoms with Gasteiger partial charge in [-0.1, -0.05) is 18.9 Å². The Morgan fingerprint density at radius 3 is 2.53 bits per heavy atom. The minimum atomic E-state index is -0.390. The summed E-state index contributed by atoms with van der Waals surface area (Å²) in [5.41, 5.74) is 0.315. The van der Waals surface area contributed by atoms with Gasteiger partial charge >= 0.3 is 5.97 Å². The van der Waals surface area contributed by atoms with E-state index in [1.54, 1.807) is 0 Å². The second-order valence-corrected chi connectivity index (χ2v) is 10.8.